The molecule has 12 nitrogen and oxygen atoms in total. The zero-order valence-electron chi connectivity index (χ0n) is 15.1. The summed E-state index contributed by atoms with van der Waals surface area (Å²) >= 11 is 0. The van der Waals surface area contributed by atoms with Crippen molar-refractivity contribution in [3.8, 4) is 0 Å². The van der Waals surface area contributed by atoms with Gasteiger partial charge < -0.3 is 36.0 Å². The quantitative estimate of drug-likeness (QED) is 0.285. The number of nitrogens with zero attached hydrogens (tertiary/aromatic N) is 4. The summed E-state index contributed by atoms with van der Waals surface area (Å²) in [6.07, 6.45) is -4.10. The lowest BCUT2D eigenvalue weighted by molar-refractivity contribution is -0.250. The van der Waals surface area contributed by atoms with Gasteiger partial charge in [0.05, 0.1) is 19.5 Å². The van der Waals surface area contributed by atoms with Crippen LogP contribution in [-0.4, -0.2) is 82.3 Å². The minimum Gasteiger partial charge on any atom is -0.394 e. The smallest absolute Gasteiger partial charge is 0.351 e. The number of imidazole rings is 1. The average Bonchev–Trinajstić information content (AvgIpc) is 3.11. The summed E-state index contributed by atoms with van der Waals surface area (Å²) in [6.45, 7) is 1.03. The molecule has 3 rings (SSSR count). The summed E-state index contributed by atoms with van der Waals surface area (Å²) in [5.74, 6) is -0.159. The summed E-state index contributed by atoms with van der Waals surface area (Å²) in [5.41, 5.74) is 6.23. The zero-order chi connectivity index (χ0) is 20.6. The molecule has 1 aliphatic rings. The maximum atomic E-state index is 12.2. The topological polar surface area (TPSA) is 189 Å². The second-order valence-electron chi connectivity index (χ2n) is 6.64. The van der Waals surface area contributed by atoms with Gasteiger partial charge in [0.15, 0.2) is 17.7 Å². The van der Waals surface area contributed by atoms with Gasteiger partial charge in [-0.1, -0.05) is 11.6 Å². The van der Waals surface area contributed by atoms with Gasteiger partial charge >= 0.3 is 5.69 Å². The van der Waals surface area contributed by atoms with Crippen LogP contribution in [0.2, 0.25) is 0 Å². The highest BCUT2D eigenvalue weighted by atomic mass is 16.6. The number of aliphatic hydroxyl groups is 5. The zero-order valence-corrected chi connectivity index (χ0v) is 15.1. The Labute approximate surface area is 158 Å². The van der Waals surface area contributed by atoms with Gasteiger partial charge in [-0.05, 0) is 6.92 Å². The lowest BCUT2D eigenvalue weighted by Gasteiger charge is -2.40. The third-order valence-corrected chi connectivity index (χ3v) is 4.73. The average molecular weight is 397 g/mol. The molecule has 2 aromatic heterocycles. The number of hydrogen-bond acceptors (Lipinski definition) is 10. The molecule has 154 valence electrons. The van der Waals surface area contributed by atoms with Crippen LogP contribution in [0.4, 0.5) is 5.82 Å². The third-order valence-electron chi connectivity index (χ3n) is 4.73. The van der Waals surface area contributed by atoms with Crippen LogP contribution in [0.25, 0.3) is 11.2 Å². The van der Waals surface area contributed by atoms with Crippen molar-refractivity contribution in [1.82, 2.24) is 19.1 Å². The highest BCUT2D eigenvalue weighted by molar-refractivity contribution is 5.82. The molecule has 0 amide bonds. The number of rotatable bonds is 5. The molecule has 2 aromatic rings. The molecule has 0 spiro atoms. The Morgan fingerprint density at radius 1 is 1.29 bits per heavy atom. The van der Waals surface area contributed by atoms with E-state index in [1.54, 1.807) is 13.0 Å². The lowest BCUT2D eigenvalue weighted by atomic mass is 9.98. The van der Waals surface area contributed by atoms with Crippen molar-refractivity contribution in [2.75, 3.05) is 18.9 Å². The van der Waals surface area contributed by atoms with Crippen molar-refractivity contribution in [3.05, 3.63) is 28.5 Å². The molecule has 12 heteroatoms. The van der Waals surface area contributed by atoms with Crippen LogP contribution in [0.1, 0.15) is 13.2 Å². The van der Waals surface area contributed by atoms with E-state index in [2.05, 4.69) is 9.97 Å². The van der Waals surface area contributed by atoms with E-state index in [9.17, 15) is 25.2 Å². The Kier molecular flexibility index (Phi) is 5.79. The van der Waals surface area contributed by atoms with Gasteiger partial charge in [-0.2, -0.15) is 4.98 Å². The van der Waals surface area contributed by atoms with Crippen molar-refractivity contribution >= 4 is 17.0 Å². The fraction of sp³-hybridized carbons (Fsp3) is 0.562. The summed E-state index contributed by atoms with van der Waals surface area (Å²) < 4.78 is 8.04. The molecular formula is C16H23N5O7. The van der Waals surface area contributed by atoms with Gasteiger partial charge in [-0.25, -0.2) is 9.78 Å². The Balaban J connectivity index is 2.10. The number of allylic oxidation sites excluding steroid dienone is 1. The first kappa shape index (κ1) is 20.4. The monoisotopic (exact) mass is 397 g/mol. The molecule has 0 aromatic carbocycles. The van der Waals surface area contributed by atoms with Gasteiger partial charge in [0.2, 0.25) is 0 Å². The predicted molar refractivity (Wildman–Crippen MR) is 96.1 cm³/mol. The molecular weight excluding hydrogens is 374 g/mol. The first-order valence-corrected chi connectivity index (χ1v) is 8.60. The molecule has 0 unspecified atom stereocenters. The second-order valence-corrected chi connectivity index (χ2v) is 6.64. The number of anilines is 1. The van der Waals surface area contributed by atoms with Crippen LogP contribution >= 0.6 is 0 Å². The first-order valence-electron chi connectivity index (χ1n) is 8.60. The van der Waals surface area contributed by atoms with Crippen molar-refractivity contribution in [3.63, 3.8) is 0 Å². The lowest BCUT2D eigenvalue weighted by Crippen LogP contribution is -2.56. The van der Waals surface area contributed by atoms with E-state index in [4.69, 9.17) is 15.6 Å². The largest absolute Gasteiger partial charge is 0.394 e. The summed E-state index contributed by atoms with van der Waals surface area (Å²) in [7, 11) is 0. The van der Waals surface area contributed by atoms with E-state index in [0.29, 0.717) is 5.57 Å². The number of aliphatic hydroxyl groups excluding tert-OH is 5. The number of hydrogen-bond donors (Lipinski definition) is 6. The number of fused-ring (bicyclic) bond motifs is 1. The molecule has 1 aliphatic heterocycles. The molecule has 0 aliphatic carbocycles. The van der Waals surface area contributed by atoms with Crippen LogP contribution < -0.4 is 11.4 Å². The molecule has 7 N–H and O–H groups in total. The van der Waals surface area contributed by atoms with Gasteiger partial charge in [-0.3, -0.25) is 9.13 Å². The maximum absolute atomic E-state index is 12.2. The molecule has 0 bridgehead atoms. The van der Waals surface area contributed by atoms with E-state index < -0.39 is 42.9 Å². The SMILES string of the molecule is C/C(=C\Cn1c(=O)nc(N)c2c1ncn2[C@@H]1O[C@H](CO)[C@@H](O)[C@H](O)[C@H]1O)CO. The normalized spacial score (nSPS) is 28.8. The minimum absolute atomic E-state index is 0.0840. The fourth-order valence-corrected chi connectivity index (χ4v) is 3.08. The van der Waals surface area contributed by atoms with Gasteiger partial charge in [0, 0.05) is 6.54 Å². The summed E-state index contributed by atoms with van der Waals surface area (Å²) in [5, 5.41) is 48.8. The van der Waals surface area contributed by atoms with Gasteiger partial charge in [0.25, 0.3) is 0 Å². The van der Waals surface area contributed by atoms with Gasteiger partial charge in [0.1, 0.15) is 29.9 Å². The third kappa shape index (κ3) is 3.41. The standard InChI is InChI=1S/C16H23N5O7/c1-7(4-22)2-3-20-14-9(13(17)19-16(20)27)21(6-18-14)15-12(26)11(25)10(24)8(5-23)28-15/h2,6,8,10-12,15,22-26H,3-5H2,1H3,(H2,17,19,27)/b7-2+/t8-,10-,11+,12-,15-/m1/s1. The highest BCUT2D eigenvalue weighted by Crippen LogP contribution is 2.31. The molecule has 1 fully saturated rings. The van der Waals surface area contributed by atoms with Crippen LogP contribution in [0.5, 0.6) is 0 Å². The van der Waals surface area contributed by atoms with Crippen LogP contribution in [0.15, 0.2) is 22.8 Å². The number of nitrogens with two attached hydrogens (primary N) is 1. The predicted octanol–water partition coefficient (Wildman–Crippen LogP) is -2.91. The molecule has 0 radical (unpaired) electrons. The van der Waals surface area contributed by atoms with Crippen molar-refractivity contribution in [2.24, 2.45) is 0 Å². The molecule has 5 atom stereocenters. The Morgan fingerprint density at radius 3 is 2.64 bits per heavy atom. The van der Waals surface area contributed by atoms with E-state index in [1.165, 1.54) is 15.5 Å². The molecule has 1 saturated heterocycles. The molecule has 3 heterocycles. The van der Waals surface area contributed by atoms with E-state index in [0.717, 1.165) is 0 Å². The first-order chi connectivity index (χ1) is 13.3. The molecule has 28 heavy (non-hydrogen) atoms. The van der Waals surface area contributed by atoms with Crippen molar-refractivity contribution < 1.29 is 30.3 Å². The Morgan fingerprint density at radius 2 is 2.00 bits per heavy atom. The second kappa shape index (κ2) is 7.95. The fourth-order valence-electron chi connectivity index (χ4n) is 3.08. The Bertz CT molecular complexity index is 937. The van der Waals surface area contributed by atoms with Crippen molar-refractivity contribution in [1.29, 1.82) is 0 Å². The van der Waals surface area contributed by atoms with Crippen LogP contribution in [0.3, 0.4) is 0 Å². The summed E-state index contributed by atoms with van der Waals surface area (Å²) in [6, 6.07) is 0. The van der Waals surface area contributed by atoms with Gasteiger partial charge in [-0.15, -0.1) is 0 Å². The van der Waals surface area contributed by atoms with Crippen LogP contribution in [0, 0.1) is 0 Å². The number of aromatic nitrogens is 4. The maximum Gasteiger partial charge on any atom is 0.351 e. The van der Waals surface area contributed by atoms with E-state index in [-0.39, 0.29) is 30.1 Å². The summed E-state index contributed by atoms with van der Waals surface area (Å²) in [4.78, 5) is 20.2. The van der Waals surface area contributed by atoms with Crippen LogP contribution in [-0.2, 0) is 11.3 Å². The minimum atomic E-state index is -1.58. The highest BCUT2D eigenvalue weighted by Gasteiger charge is 2.44. The van der Waals surface area contributed by atoms with Crippen molar-refractivity contribution in [2.45, 2.75) is 44.1 Å². The number of nitrogen functional groups attached to an aromatic ring is 1. The van der Waals surface area contributed by atoms with E-state index >= 15 is 0 Å². The number of ether oxygens (including phenoxy) is 1. The van der Waals surface area contributed by atoms with E-state index in [1.807, 2.05) is 0 Å². The Hall–Kier alpha value is -2.35. The molecule has 0 saturated carbocycles.